The maximum Gasteiger partial charge on any atom is 0.160 e. The lowest BCUT2D eigenvalue weighted by atomic mass is 9.99. The van der Waals surface area contributed by atoms with Crippen LogP contribution in [0.25, 0.3) is 5.57 Å². The van der Waals surface area contributed by atoms with E-state index < -0.39 is 0 Å². The van der Waals surface area contributed by atoms with Gasteiger partial charge in [-0.1, -0.05) is 6.08 Å². The van der Waals surface area contributed by atoms with E-state index in [2.05, 4.69) is 12.1 Å². The molecule has 1 aliphatic rings. The second kappa shape index (κ2) is 3.88. The molecule has 0 amide bonds. The zero-order valence-corrected chi connectivity index (χ0v) is 8.27. The molecule has 0 bridgehead atoms. The van der Waals surface area contributed by atoms with Gasteiger partial charge in [0.05, 0.1) is 4.88 Å². The van der Waals surface area contributed by atoms with Crippen molar-refractivity contribution in [3.63, 3.8) is 0 Å². The zero-order chi connectivity index (χ0) is 9.10. The van der Waals surface area contributed by atoms with Gasteiger partial charge >= 0.3 is 0 Å². The van der Waals surface area contributed by atoms with Gasteiger partial charge in [0.2, 0.25) is 0 Å². The molecule has 1 aromatic rings. The van der Waals surface area contributed by atoms with Crippen LogP contribution in [0, 0.1) is 0 Å². The number of thiophene rings is 1. The first-order chi connectivity index (χ1) is 6.40. The van der Waals surface area contributed by atoms with Crippen LogP contribution >= 0.6 is 11.3 Å². The SMILES string of the molecule is O=Cc1ccc(C2=CCCCC2)s1. The Hall–Kier alpha value is -0.890. The Morgan fingerprint density at radius 2 is 2.23 bits per heavy atom. The molecule has 13 heavy (non-hydrogen) atoms. The fraction of sp³-hybridized carbons (Fsp3) is 0.364. The van der Waals surface area contributed by atoms with Gasteiger partial charge in [0.25, 0.3) is 0 Å². The summed E-state index contributed by atoms with van der Waals surface area (Å²) >= 11 is 1.60. The maximum absolute atomic E-state index is 10.5. The van der Waals surface area contributed by atoms with Crippen molar-refractivity contribution in [1.29, 1.82) is 0 Å². The predicted molar refractivity (Wildman–Crippen MR) is 56.2 cm³/mol. The van der Waals surface area contributed by atoms with Gasteiger partial charge in [-0.15, -0.1) is 11.3 Å². The molecule has 0 fully saturated rings. The van der Waals surface area contributed by atoms with Crippen molar-refractivity contribution in [3.8, 4) is 0 Å². The Balaban J connectivity index is 2.23. The lowest BCUT2D eigenvalue weighted by Crippen LogP contribution is -1.88. The van der Waals surface area contributed by atoms with Crippen molar-refractivity contribution >= 4 is 23.2 Å². The number of carbonyl (C=O) groups is 1. The number of carbonyl (C=O) groups excluding carboxylic acids is 1. The maximum atomic E-state index is 10.5. The molecular formula is C11H12OS. The number of aldehydes is 1. The summed E-state index contributed by atoms with van der Waals surface area (Å²) in [4.78, 5) is 12.6. The van der Waals surface area contributed by atoms with Gasteiger partial charge in [0.15, 0.2) is 6.29 Å². The van der Waals surface area contributed by atoms with E-state index in [1.807, 2.05) is 6.07 Å². The average Bonchev–Trinajstić information content (AvgIpc) is 2.67. The highest BCUT2D eigenvalue weighted by Gasteiger charge is 2.08. The molecule has 0 radical (unpaired) electrons. The quantitative estimate of drug-likeness (QED) is 0.655. The highest BCUT2D eigenvalue weighted by atomic mass is 32.1. The van der Waals surface area contributed by atoms with Crippen molar-refractivity contribution in [1.82, 2.24) is 0 Å². The predicted octanol–water partition coefficient (Wildman–Crippen LogP) is 3.52. The van der Waals surface area contributed by atoms with Gasteiger partial charge in [0.1, 0.15) is 0 Å². The zero-order valence-electron chi connectivity index (χ0n) is 7.45. The number of hydrogen-bond acceptors (Lipinski definition) is 2. The molecule has 0 unspecified atom stereocenters. The average molecular weight is 192 g/mol. The van der Waals surface area contributed by atoms with Crippen molar-refractivity contribution in [2.75, 3.05) is 0 Å². The first-order valence-electron chi connectivity index (χ1n) is 4.64. The second-order valence-electron chi connectivity index (χ2n) is 3.30. The minimum atomic E-state index is 0.835. The third kappa shape index (κ3) is 1.89. The first kappa shape index (κ1) is 8.70. The second-order valence-corrected chi connectivity index (χ2v) is 4.41. The monoisotopic (exact) mass is 192 g/mol. The molecular weight excluding hydrogens is 180 g/mol. The Labute approximate surface area is 82.1 Å². The normalized spacial score (nSPS) is 16.8. The Morgan fingerprint density at radius 1 is 1.31 bits per heavy atom. The van der Waals surface area contributed by atoms with E-state index in [9.17, 15) is 4.79 Å². The van der Waals surface area contributed by atoms with E-state index >= 15 is 0 Å². The lowest BCUT2D eigenvalue weighted by molar-refractivity contribution is 0.112. The summed E-state index contributed by atoms with van der Waals surface area (Å²) in [6.45, 7) is 0. The Morgan fingerprint density at radius 3 is 2.85 bits per heavy atom. The summed E-state index contributed by atoms with van der Waals surface area (Å²) in [6.07, 6.45) is 8.22. The summed E-state index contributed by atoms with van der Waals surface area (Å²) in [5.41, 5.74) is 1.43. The largest absolute Gasteiger partial charge is 0.297 e. The molecule has 1 aromatic heterocycles. The van der Waals surface area contributed by atoms with Crippen LogP contribution in [0.15, 0.2) is 18.2 Å². The Kier molecular flexibility index (Phi) is 2.60. The highest BCUT2D eigenvalue weighted by Crippen LogP contribution is 2.30. The first-order valence-corrected chi connectivity index (χ1v) is 5.46. The van der Waals surface area contributed by atoms with Gasteiger partial charge in [-0.05, 0) is 43.4 Å². The lowest BCUT2D eigenvalue weighted by Gasteiger charge is -2.09. The van der Waals surface area contributed by atoms with Gasteiger partial charge in [0, 0.05) is 4.88 Å². The van der Waals surface area contributed by atoms with Gasteiger partial charge in [-0.25, -0.2) is 0 Å². The third-order valence-corrected chi connectivity index (χ3v) is 3.44. The minimum Gasteiger partial charge on any atom is -0.297 e. The highest BCUT2D eigenvalue weighted by molar-refractivity contribution is 7.14. The van der Waals surface area contributed by atoms with Crippen LogP contribution in [0.5, 0.6) is 0 Å². The molecule has 1 nitrogen and oxygen atoms in total. The fourth-order valence-corrected chi connectivity index (χ4v) is 2.54. The molecule has 1 heterocycles. The van der Waals surface area contributed by atoms with Crippen LogP contribution in [-0.2, 0) is 0 Å². The van der Waals surface area contributed by atoms with E-state index in [-0.39, 0.29) is 0 Å². The summed E-state index contributed by atoms with van der Waals surface area (Å²) in [7, 11) is 0. The molecule has 2 rings (SSSR count). The molecule has 1 aliphatic carbocycles. The summed E-state index contributed by atoms with van der Waals surface area (Å²) < 4.78 is 0. The molecule has 0 N–H and O–H groups in total. The minimum absolute atomic E-state index is 0.835. The number of hydrogen-bond donors (Lipinski definition) is 0. The van der Waals surface area contributed by atoms with Crippen LogP contribution < -0.4 is 0 Å². The fourth-order valence-electron chi connectivity index (χ4n) is 1.65. The molecule has 0 saturated heterocycles. The van der Waals surface area contributed by atoms with Gasteiger partial charge in [-0.2, -0.15) is 0 Å². The van der Waals surface area contributed by atoms with Crippen molar-refractivity contribution in [2.45, 2.75) is 25.7 Å². The van der Waals surface area contributed by atoms with E-state index in [0.29, 0.717) is 0 Å². The standard InChI is InChI=1S/C11H12OS/c12-8-10-6-7-11(13-10)9-4-2-1-3-5-9/h4,6-8H,1-3,5H2. The Bertz CT molecular complexity index is 336. The molecule has 2 heteroatoms. The van der Waals surface area contributed by atoms with E-state index in [1.54, 1.807) is 11.3 Å². The van der Waals surface area contributed by atoms with E-state index in [0.717, 1.165) is 11.2 Å². The molecule has 0 aromatic carbocycles. The van der Waals surface area contributed by atoms with Crippen molar-refractivity contribution < 1.29 is 4.79 Å². The smallest absolute Gasteiger partial charge is 0.160 e. The van der Waals surface area contributed by atoms with Crippen LogP contribution in [0.2, 0.25) is 0 Å². The van der Waals surface area contributed by atoms with Crippen LogP contribution in [0.3, 0.4) is 0 Å². The van der Waals surface area contributed by atoms with Crippen LogP contribution in [-0.4, -0.2) is 6.29 Å². The van der Waals surface area contributed by atoms with E-state index in [4.69, 9.17) is 0 Å². The van der Waals surface area contributed by atoms with Crippen molar-refractivity contribution in [3.05, 3.63) is 28.0 Å². The van der Waals surface area contributed by atoms with Gasteiger partial charge in [-0.3, -0.25) is 4.79 Å². The summed E-state index contributed by atoms with van der Waals surface area (Å²) in [6, 6.07) is 3.97. The molecule has 0 atom stereocenters. The van der Waals surface area contributed by atoms with Crippen LogP contribution in [0.1, 0.15) is 40.2 Å². The molecule has 0 spiro atoms. The van der Waals surface area contributed by atoms with Crippen LogP contribution in [0.4, 0.5) is 0 Å². The number of allylic oxidation sites excluding steroid dienone is 2. The topological polar surface area (TPSA) is 17.1 Å². The summed E-state index contributed by atoms with van der Waals surface area (Å²) in [5, 5.41) is 0. The molecule has 0 saturated carbocycles. The van der Waals surface area contributed by atoms with Crippen molar-refractivity contribution in [2.24, 2.45) is 0 Å². The molecule has 68 valence electrons. The number of rotatable bonds is 2. The molecule has 0 aliphatic heterocycles. The van der Waals surface area contributed by atoms with Gasteiger partial charge < -0.3 is 0 Å². The van der Waals surface area contributed by atoms with E-state index in [1.165, 1.54) is 36.1 Å². The third-order valence-electron chi connectivity index (χ3n) is 2.35. The summed E-state index contributed by atoms with van der Waals surface area (Å²) in [5.74, 6) is 0.